The Hall–Kier alpha value is 0.960. The smallest absolute Gasteiger partial charge is 0.0271 e. The number of hydrogen-bond donors (Lipinski definition) is 0. The zero-order chi connectivity index (χ0) is 14.9. The first-order valence-corrected chi connectivity index (χ1v) is 10.7. The summed E-state index contributed by atoms with van der Waals surface area (Å²) in [6.45, 7) is 2.29. The Morgan fingerprint density at radius 1 is 0.700 bits per heavy atom. The second-order valence-corrected chi connectivity index (χ2v) is 7.95. The van der Waals surface area contributed by atoms with Gasteiger partial charge in [-0.15, -0.1) is 0 Å². The fraction of sp³-hybridized carbons (Fsp3) is 0.944. The maximum absolute atomic E-state index is 3.85. The van der Waals surface area contributed by atoms with Gasteiger partial charge in [0.1, 0.15) is 0 Å². The molecule has 0 saturated heterocycles. The Morgan fingerprint density at radius 2 is 1.15 bits per heavy atom. The van der Waals surface area contributed by atoms with Gasteiger partial charge in [0.15, 0.2) is 0 Å². The minimum absolute atomic E-state index is 0.772. The molecule has 0 heterocycles. The summed E-state index contributed by atoms with van der Waals surface area (Å²) >= 11 is 7.22. The van der Waals surface area contributed by atoms with Crippen molar-refractivity contribution >= 4 is 31.9 Å². The van der Waals surface area contributed by atoms with Crippen LogP contribution < -0.4 is 0 Å². The van der Waals surface area contributed by atoms with E-state index in [2.05, 4.69) is 44.1 Å². The maximum Gasteiger partial charge on any atom is 0.0271 e. The van der Waals surface area contributed by atoms with Crippen molar-refractivity contribution in [3.8, 4) is 0 Å². The third-order valence-corrected chi connectivity index (χ3v) is 5.33. The molecular weight excluding hydrogens is 376 g/mol. The molecular formula is C18H35Br2. The van der Waals surface area contributed by atoms with Crippen LogP contribution in [0.1, 0.15) is 103 Å². The quantitative estimate of drug-likeness (QED) is 0.177. The van der Waals surface area contributed by atoms with E-state index in [9.17, 15) is 0 Å². The van der Waals surface area contributed by atoms with E-state index in [0.29, 0.717) is 0 Å². The lowest BCUT2D eigenvalue weighted by Gasteiger charge is -2.09. The molecule has 0 bridgehead atoms. The summed E-state index contributed by atoms with van der Waals surface area (Å²) in [4.78, 5) is 0.772. The molecule has 1 atom stereocenters. The van der Waals surface area contributed by atoms with Crippen molar-refractivity contribution < 1.29 is 0 Å². The van der Waals surface area contributed by atoms with Crippen molar-refractivity contribution in [3.63, 3.8) is 0 Å². The first kappa shape index (κ1) is 21.0. The molecule has 0 spiro atoms. The van der Waals surface area contributed by atoms with Crippen LogP contribution in [0.3, 0.4) is 0 Å². The molecule has 0 aromatic heterocycles. The van der Waals surface area contributed by atoms with Gasteiger partial charge >= 0.3 is 0 Å². The zero-order valence-corrected chi connectivity index (χ0v) is 16.7. The Bertz CT molecular complexity index is 153. The average molecular weight is 411 g/mol. The first-order chi connectivity index (χ1) is 9.81. The molecule has 0 aliphatic rings. The van der Waals surface area contributed by atoms with Gasteiger partial charge < -0.3 is 0 Å². The monoisotopic (exact) mass is 409 g/mol. The molecule has 1 unspecified atom stereocenters. The summed E-state index contributed by atoms with van der Waals surface area (Å²) in [5.74, 6) is 0. The highest BCUT2D eigenvalue weighted by molar-refractivity contribution is 9.10. The van der Waals surface area contributed by atoms with Gasteiger partial charge in [-0.1, -0.05) is 116 Å². The molecule has 0 aromatic carbocycles. The lowest BCUT2D eigenvalue weighted by atomic mass is 10.0. The number of hydrogen-bond acceptors (Lipinski definition) is 0. The van der Waals surface area contributed by atoms with E-state index in [1.165, 1.54) is 96.3 Å². The highest BCUT2D eigenvalue weighted by Gasteiger charge is 2.03. The van der Waals surface area contributed by atoms with Crippen molar-refractivity contribution in [2.45, 2.75) is 108 Å². The van der Waals surface area contributed by atoms with Crippen LogP contribution in [0.2, 0.25) is 0 Å². The van der Waals surface area contributed by atoms with E-state index < -0.39 is 0 Å². The molecule has 0 fully saturated rings. The molecule has 0 aromatic rings. The molecule has 0 saturated carbocycles. The fourth-order valence-corrected chi connectivity index (χ4v) is 3.56. The number of halogens is 2. The molecule has 1 radical (unpaired) electrons. The van der Waals surface area contributed by atoms with Gasteiger partial charge in [-0.25, -0.2) is 0 Å². The fourth-order valence-electron chi connectivity index (χ4n) is 2.58. The lowest BCUT2D eigenvalue weighted by Crippen LogP contribution is -1.97. The van der Waals surface area contributed by atoms with E-state index in [1.807, 2.05) is 0 Å². The Kier molecular flexibility index (Phi) is 18.9. The summed E-state index contributed by atoms with van der Waals surface area (Å²) in [6.07, 6.45) is 21.0. The summed E-state index contributed by atoms with van der Waals surface area (Å²) in [5.41, 5.74) is 0. The van der Waals surface area contributed by atoms with Gasteiger partial charge in [0.25, 0.3) is 0 Å². The van der Waals surface area contributed by atoms with Crippen molar-refractivity contribution in [1.29, 1.82) is 0 Å². The van der Waals surface area contributed by atoms with E-state index in [1.54, 1.807) is 0 Å². The summed E-state index contributed by atoms with van der Waals surface area (Å²) < 4.78 is 0. The second-order valence-electron chi connectivity index (χ2n) is 6.01. The van der Waals surface area contributed by atoms with Crippen molar-refractivity contribution in [2.24, 2.45) is 0 Å². The SMILES string of the molecule is CCCCCCCCCC(Br)CCCCCCC[CH]Br. The number of unbranched alkanes of at least 4 members (excludes halogenated alkanes) is 11. The predicted octanol–water partition coefficient (Wildman–Crippen LogP) is 8.18. The van der Waals surface area contributed by atoms with E-state index >= 15 is 0 Å². The average Bonchev–Trinajstić information content (AvgIpc) is 2.45. The van der Waals surface area contributed by atoms with Crippen LogP contribution in [0.15, 0.2) is 0 Å². The molecule has 0 amide bonds. The standard InChI is InChI=1S/C18H35Br2/c1-2-3-4-5-6-9-12-15-18(20)16-13-10-7-8-11-14-17-19/h17-18H,2-16H2,1H3. The van der Waals surface area contributed by atoms with Gasteiger partial charge in [-0.05, 0) is 19.3 Å². The van der Waals surface area contributed by atoms with Gasteiger partial charge in [-0.2, -0.15) is 0 Å². The van der Waals surface area contributed by atoms with Crippen LogP contribution in [0.5, 0.6) is 0 Å². The Morgan fingerprint density at radius 3 is 1.65 bits per heavy atom. The molecule has 0 N–H and O–H groups in total. The molecule has 121 valence electrons. The van der Waals surface area contributed by atoms with Crippen LogP contribution in [0, 0.1) is 5.33 Å². The Balaban J connectivity index is 3.11. The molecule has 2 heteroatoms. The largest absolute Gasteiger partial charge is 0.0891 e. The highest BCUT2D eigenvalue weighted by atomic mass is 79.9. The molecule has 20 heavy (non-hydrogen) atoms. The third-order valence-electron chi connectivity index (χ3n) is 3.95. The van der Waals surface area contributed by atoms with Crippen LogP contribution in [-0.4, -0.2) is 4.83 Å². The molecule has 0 rings (SSSR count). The van der Waals surface area contributed by atoms with Crippen LogP contribution in [-0.2, 0) is 0 Å². The van der Waals surface area contributed by atoms with Crippen LogP contribution in [0.25, 0.3) is 0 Å². The summed E-state index contributed by atoms with van der Waals surface area (Å²) in [5, 5.41) is 2.10. The predicted molar refractivity (Wildman–Crippen MR) is 101 cm³/mol. The minimum Gasteiger partial charge on any atom is -0.0891 e. The maximum atomic E-state index is 3.85. The van der Waals surface area contributed by atoms with Gasteiger partial charge in [0.2, 0.25) is 0 Å². The number of rotatable bonds is 16. The van der Waals surface area contributed by atoms with E-state index in [-0.39, 0.29) is 0 Å². The zero-order valence-electron chi connectivity index (χ0n) is 13.5. The molecule has 0 nitrogen and oxygen atoms in total. The summed E-state index contributed by atoms with van der Waals surface area (Å²) in [6, 6.07) is 0. The van der Waals surface area contributed by atoms with Crippen LogP contribution >= 0.6 is 31.9 Å². The van der Waals surface area contributed by atoms with Gasteiger partial charge in [0, 0.05) is 10.2 Å². The van der Waals surface area contributed by atoms with Gasteiger partial charge in [0.05, 0.1) is 0 Å². The van der Waals surface area contributed by atoms with E-state index in [0.717, 1.165) is 4.83 Å². The second kappa shape index (κ2) is 18.0. The minimum atomic E-state index is 0.772. The van der Waals surface area contributed by atoms with Gasteiger partial charge in [-0.3, -0.25) is 0 Å². The van der Waals surface area contributed by atoms with Crippen molar-refractivity contribution in [2.75, 3.05) is 0 Å². The summed E-state index contributed by atoms with van der Waals surface area (Å²) in [7, 11) is 0. The topological polar surface area (TPSA) is 0 Å². The highest BCUT2D eigenvalue weighted by Crippen LogP contribution is 2.19. The normalized spacial score (nSPS) is 12.8. The van der Waals surface area contributed by atoms with Crippen LogP contribution in [0.4, 0.5) is 0 Å². The first-order valence-electron chi connectivity index (χ1n) is 8.87. The van der Waals surface area contributed by atoms with Crippen molar-refractivity contribution in [3.05, 3.63) is 5.33 Å². The molecule has 0 aliphatic carbocycles. The number of alkyl halides is 1. The van der Waals surface area contributed by atoms with E-state index in [4.69, 9.17) is 0 Å². The molecule has 0 aliphatic heterocycles. The third kappa shape index (κ3) is 17.0. The lowest BCUT2D eigenvalue weighted by molar-refractivity contribution is 0.543. The van der Waals surface area contributed by atoms with Crippen molar-refractivity contribution in [1.82, 2.24) is 0 Å². The Labute approximate surface area is 145 Å².